The van der Waals surface area contributed by atoms with Gasteiger partial charge in [-0.1, -0.05) is 31.5 Å². The molecule has 7 heteroatoms. The van der Waals surface area contributed by atoms with Gasteiger partial charge in [-0.05, 0) is 30.4 Å². The second-order valence-corrected chi connectivity index (χ2v) is 5.45. The number of urea groups is 1. The third-order valence-electron chi connectivity index (χ3n) is 3.44. The summed E-state index contributed by atoms with van der Waals surface area (Å²) in [5, 5.41) is 14.1. The lowest BCUT2D eigenvalue weighted by atomic mass is 10.0. The Balaban J connectivity index is 2.60. The molecular weight excluding hydrogens is 309 g/mol. The standard InChI is InChI=1S/C16H23F3N2O2/c1-2-5-12(8-9-22)11-20-15(23)21-14-7-4-3-6-13(14)10-16(17,18)19/h3-4,6-7,12,22H,2,5,8-11H2,1H3,(H2,20,21,23). The maximum atomic E-state index is 12.5. The summed E-state index contributed by atoms with van der Waals surface area (Å²) in [7, 11) is 0. The van der Waals surface area contributed by atoms with Crippen molar-refractivity contribution in [1.82, 2.24) is 5.32 Å². The normalized spacial score (nSPS) is 12.7. The summed E-state index contributed by atoms with van der Waals surface area (Å²) < 4.78 is 37.6. The van der Waals surface area contributed by atoms with E-state index in [-0.39, 0.29) is 23.8 Å². The number of para-hydroxylation sites is 1. The molecule has 0 fully saturated rings. The van der Waals surface area contributed by atoms with E-state index in [0.717, 1.165) is 12.8 Å². The summed E-state index contributed by atoms with van der Waals surface area (Å²) in [4.78, 5) is 11.9. The van der Waals surface area contributed by atoms with Crippen LogP contribution in [0, 0.1) is 5.92 Å². The smallest absolute Gasteiger partial charge is 0.393 e. The lowest BCUT2D eigenvalue weighted by Crippen LogP contribution is -2.33. The fraction of sp³-hybridized carbons (Fsp3) is 0.562. The maximum absolute atomic E-state index is 12.5. The minimum atomic E-state index is -4.33. The van der Waals surface area contributed by atoms with Crippen LogP contribution in [0.3, 0.4) is 0 Å². The van der Waals surface area contributed by atoms with Crippen LogP contribution in [0.25, 0.3) is 0 Å². The SMILES string of the molecule is CCCC(CCO)CNC(=O)Nc1ccccc1CC(F)(F)F. The molecule has 2 amide bonds. The molecule has 0 spiro atoms. The topological polar surface area (TPSA) is 61.4 Å². The first-order valence-corrected chi connectivity index (χ1v) is 7.66. The number of hydrogen-bond acceptors (Lipinski definition) is 2. The van der Waals surface area contributed by atoms with Gasteiger partial charge in [-0.25, -0.2) is 4.79 Å². The Morgan fingerprint density at radius 1 is 1.26 bits per heavy atom. The second-order valence-electron chi connectivity index (χ2n) is 5.45. The van der Waals surface area contributed by atoms with Crippen molar-refractivity contribution in [1.29, 1.82) is 0 Å². The number of alkyl halides is 3. The Bertz CT molecular complexity index is 486. The Morgan fingerprint density at radius 3 is 2.57 bits per heavy atom. The van der Waals surface area contributed by atoms with E-state index in [1.54, 1.807) is 6.07 Å². The summed E-state index contributed by atoms with van der Waals surface area (Å²) in [6.07, 6.45) is -3.04. The van der Waals surface area contributed by atoms with E-state index in [9.17, 15) is 18.0 Å². The van der Waals surface area contributed by atoms with Crippen LogP contribution < -0.4 is 10.6 Å². The summed E-state index contributed by atoms with van der Waals surface area (Å²) in [6.45, 7) is 2.43. The molecule has 0 heterocycles. The Hall–Kier alpha value is -1.76. The molecule has 1 atom stereocenters. The Kier molecular flexibility index (Phi) is 7.88. The van der Waals surface area contributed by atoms with E-state index in [0.29, 0.717) is 13.0 Å². The van der Waals surface area contributed by atoms with Crippen molar-refractivity contribution >= 4 is 11.7 Å². The first-order valence-electron chi connectivity index (χ1n) is 7.66. The van der Waals surface area contributed by atoms with Crippen LogP contribution in [-0.4, -0.2) is 30.5 Å². The van der Waals surface area contributed by atoms with Crippen molar-refractivity contribution in [3.05, 3.63) is 29.8 Å². The lowest BCUT2D eigenvalue weighted by molar-refractivity contribution is -0.127. The molecule has 4 nitrogen and oxygen atoms in total. The predicted octanol–water partition coefficient (Wildman–Crippen LogP) is 3.71. The van der Waals surface area contributed by atoms with Gasteiger partial charge in [0.25, 0.3) is 0 Å². The van der Waals surface area contributed by atoms with Crippen LogP contribution in [0.2, 0.25) is 0 Å². The largest absolute Gasteiger partial charge is 0.396 e. The molecule has 0 aliphatic heterocycles. The van der Waals surface area contributed by atoms with Crippen LogP contribution in [0.5, 0.6) is 0 Å². The molecule has 0 saturated carbocycles. The quantitative estimate of drug-likeness (QED) is 0.679. The summed E-state index contributed by atoms with van der Waals surface area (Å²) in [5.74, 6) is 0.154. The number of rotatable bonds is 8. The van der Waals surface area contributed by atoms with Gasteiger partial charge in [-0.2, -0.15) is 13.2 Å². The molecule has 0 saturated heterocycles. The van der Waals surface area contributed by atoms with Crippen LogP contribution >= 0.6 is 0 Å². The Labute approximate surface area is 134 Å². The number of nitrogens with one attached hydrogen (secondary N) is 2. The van der Waals surface area contributed by atoms with E-state index in [2.05, 4.69) is 10.6 Å². The molecule has 0 aliphatic rings. The second kappa shape index (κ2) is 9.39. The van der Waals surface area contributed by atoms with Crippen molar-refractivity contribution in [2.45, 2.75) is 38.8 Å². The summed E-state index contributed by atoms with van der Waals surface area (Å²) in [5.41, 5.74) is 0.173. The van der Waals surface area contributed by atoms with Gasteiger partial charge in [-0.3, -0.25) is 0 Å². The van der Waals surface area contributed by atoms with E-state index in [4.69, 9.17) is 5.11 Å². The van der Waals surface area contributed by atoms with E-state index >= 15 is 0 Å². The lowest BCUT2D eigenvalue weighted by Gasteiger charge is -2.17. The third kappa shape index (κ3) is 7.88. The minimum absolute atomic E-state index is 0.0237. The van der Waals surface area contributed by atoms with E-state index in [1.807, 2.05) is 6.92 Å². The molecule has 0 bridgehead atoms. The average Bonchev–Trinajstić information content (AvgIpc) is 2.46. The highest BCUT2D eigenvalue weighted by atomic mass is 19.4. The van der Waals surface area contributed by atoms with E-state index in [1.165, 1.54) is 18.2 Å². The number of carbonyl (C=O) groups is 1. The molecule has 1 aromatic carbocycles. The number of hydrogen-bond donors (Lipinski definition) is 3. The van der Waals surface area contributed by atoms with Gasteiger partial charge in [0.05, 0.1) is 6.42 Å². The molecule has 130 valence electrons. The molecule has 1 aromatic rings. The zero-order valence-corrected chi connectivity index (χ0v) is 13.1. The van der Waals surface area contributed by atoms with Gasteiger partial charge >= 0.3 is 12.2 Å². The Morgan fingerprint density at radius 2 is 1.96 bits per heavy atom. The van der Waals surface area contributed by atoms with Crippen LogP contribution in [0.15, 0.2) is 24.3 Å². The maximum Gasteiger partial charge on any atom is 0.393 e. The number of benzene rings is 1. The number of aliphatic hydroxyl groups excluding tert-OH is 1. The van der Waals surface area contributed by atoms with Crippen LogP contribution in [0.1, 0.15) is 31.7 Å². The fourth-order valence-corrected chi connectivity index (χ4v) is 2.36. The molecule has 0 aliphatic carbocycles. The van der Waals surface area contributed by atoms with Gasteiger partial charge in [0.15, 0.2) is 0 Å². The average molecular weight is 332 g/mol. The first-order chi connectivity index (χ1) is 10.9. The number of aliphatic hydroxyl groups is 1. The number of amides is 2. The fourth-order valence-electron chi connectivity index (χ4n) is 2.36. The highest BCUT2D eigenvalue weighted by molar-refractivity contribution is 5.90. The number of halogens is 3. The van der Waals surface area contributed by atoms with Crippen molar-refractivity contribution in [2.24, 2.45) is 5.92 Å². The zero-order valence-electron chi connectivity index (χ0n) is 13.1. The van der Waals surface area contributed by atoms with Gasteiger partial charge in [0.1, 0.15) is 0 Å². The van der Waals surface area contributed by atoms with Crippen molar-refractivity contribution in [2.75, 3.05) is 18.5 Å². The molecule has 23 heavy (non-hydrogen) atoms. The van der Waals surface area contributed by atoms with Crippen LogP contribution in [-0.2, 0) is 6.42 Å². The van der Waals surface area contributed by atoms with Crippen LogP contribution in [0.4, 0.5) is 23.7 Å². The van der Waals surface area contributed by atoms with E-state index < -0.39 is 18.6 Å². The van der Waals surface area contributed by atoms with Gasteiger partial charge in [0.2, 0.25) is 0 Å². The first kappa shape index (κ1) is 19.3. The molecule has 0 aromatic heterocycles. The minimum Gasteiger partial charge on any atom is -0.396 e. The zero-order chi connectivity index (χ0) is 17.3. The summed E-state index contributed by atoms with van der Waals surface area (Å²) in [6, 6.07) is 5.31. The van der Waals surface area contributed by atoms with Gasteiger partial charge in [0, 0.05) is 18.8 Å². The van der Waals surface area contributed by atoms with Gasteiger partial charge in [-0.15, -0.1) is 0 Å². The molecule has 1 rings (SSSR count). The molecular formula is C16H23F3N2O2. The number of carbonyl (C=O) groups excluding carboxylic acids is 1. The third-order valence-corrected chi connectivity index (χ3v) is 3.44. The van der Waals surface area contributed by atoms with Crippen molar-refractivity contribution in [3.8, 4) is 0 Å². The highest BCUT2D eigenvalue weighted by Gasteiger charge is 2.29. The van der Waals surface area contributed by atoms with Crippen molar-refractivity contribution < 1.29 is 23.1 Å². The molecule has 3 N–H and O–H groups in total. The number of anilines is 1. The predicted molar refractivity (Wildman–Crippen MR) is 83.3 cm³/mol. The van der Waals surface area contributed by atoms with Gasteiger partial charge < -0.3 is 15.7 Å². The highest BCUT2D eigenvalue weighted by Crippen LogP contribution is 2.25. The molecule has 0 radical (unpaired) electrons. The molecule has 1 unspecified atom stereocenters. The summed E-state index contributed by atoms with van der Waals surface area (Å²) >= 11 is 0. The van der Waals surface area contributed by atoms with Crippen molar-refractivity contribution in [3.63, 3.8) is 0 Å². The monoisotopic (exact) mass is 332 g/mol.